The van der Waals surface area contributed by atoms with Crippen LogP contribution in [0, 0.1) is 0 Å². The second-order valence-corrected chi connectivity index (χ2v) is 31.9. The number of ether oxygens (including phenoxy) is 2. The molecule has 99 heavy (non-hydrogen) atoms. The minimum Gasteiger partial charge on any atom is -0.756 e. The van der Waals surface area contributed by atoms with Crippen LogP contribution in [0.5, 0.6) is 0 Å². The van der Waals surface area contributed by atoms with Crippen molar-refractivity contribution < 1.29 is 42.1 Å². The van der Waals surface area contributed by atoms with E-state index in [0.717, 1.165) is 70.6 Å². The molecule has 0 amide bonds. The molecule has 0 heterocycles. The van der Waals surface area contributed by atoms with Gasteiger partial charge >= 0.3 is 11.9 Å². The molecule has 0 aliphatic carbocycles. The Morgan fingerprint density at radius 2 is 0.576 bits per heavy atom. The lowest BCUT2D eigenvalue weighted by Gasteiger charge is -2.28. The third kappa shape index (κ3) is 84.3. The monoisotopic (exact) mass is 1410 g/mol. The Morgan fingerprint density at radius 1 is 0.323 bits per heavy atom. The summed E-state index contributed by atoms with van der Waals surface area (Å²) in [5.74, 6) is -0.809. The summed E-state index contributed by atoms with van der Waals surface area (Å²) in [6, 6.07) is 0. The number of nitrogens with zero attached hydrogens (tertiary/aromatic N) is 1. The average Bonchev–Trinajstić information content (AvgIpc) is 0.989. The van der Waals surface area contributed by atoms with Crippen LogP contribution < -0.4 is 4.89 Å². The van der Waals surface area contributed by atoms with Gasteiger partial charge in [-0.3, -0.25) is 14.2 Å². The van der Waals surface area contributed by atoms with Crippen molar-refractivity contribution in [3.63, 3.8) is 0 Å². The maximum absolute atomic E-state index is 12.9. The SMILES string of the molecule is CC/C=C\C/C=C\C/C=C\C/C=C\C/C=C\C/C=C\CCCCCCCCCCCCCCCCCCCCCCC(=O)OC(COC(=O)CCCCCCCCCCCCCCCCCCCCCCCCCCCCCCCCCCCCCC)COP(=O)([O-])OCC[N+](C)(C)C. The Bertz CT molecular complexity index is 1900. The van der Waals surface area contributed by atoms with E-state index in [1.807, 2.05) is 21.1 Å². The molecular weight excluding hydrogens is 1240 g/mol. The zero-order valence-corrected chi connectivity index (χ0v) is 67.4. The van der Waals surface area contributed by atoms with Crippen molar-refractivity contribution in [1.29, 1.82) is 0 Å². The van der Waals surface area contributed by atoms with Crippen molar-refractivity contribution >= 4 is 19.8 Å². The first-order valence-electron chi connectivity index (χ1n) is 43.1. The molecule has 0 fully saturated rings. The molecule has 0 saturated heterocycles. The zero-order chi connectivity index (χ0) is 71.8. The van der Waals surface area contributed by atoms with Gasteiger partial charge < -0.3 is 27.9 Å². The molecule has 0 spiro atoms. The molecule has 580 valence electrons. The third-order valence-corrected chi connectivity index (χ3v) is 20.5. The van der Waals surface area contributed by atoms with E-state index in [0.29, 0.717) is 17.4 Å². The van der Waals surface area contributed by atoms with Crippen molar-refractivity contribution in [1.82, 2.24) is 0 Å². The fraction of sp³-hybridized carbons (Fsp3) is 0.843. The average molecular weight is 1410 g/mol. The lowest BCUT2D eigenvalue weighted by atomic mass is 10.0. The van der Waals surface area contributed by atoms with Gasteiger partial charge in [-0.05, 0) is 64.2 Å². The number of likely N-dealkylation sites (N-methyl/N-ethyl adjacent to an activating group) is 1. The first-order valence-corrected chi connectivity index (χ1v) is 44.6. The minimum absolute atomic E-state index is 0.0287. The molecule has 0 aromatic rings. The Labute approximate surface area is 616 Å². The molecule has 2 unspecified atom stereocenters. The fourth-order valence-electron chi connectivity index (χ4n) is 13.0. The number of phosphoric ester groups is 1. The summed E-state index contributed by atoms with van der Waals surface area (Å²) >= 11 is 0. The standard InChI is InChI=1S/C89H166NO8P/c1-6-8-10-12-14-16-18-20-22-24-26-28-30-32-34-36-38-40-42-44-45-46-48-50-52-54-56-58-60-62-64-66-68-70-72-74-76-78-80-82-89(92)98-87(86-97-99(93,94)96-84-83-90(3,4)5)85-95-88(91)81-79-77-75-73-71-69-67-65-63-61-59-57-55-53-51-49-47-43-41-39-37-35-33-31-29-27-25-23-21-19-17-15-13-11-9-7-2/h8,10,14,16,20,22,26,28,32,34,38,40,87H,6-7,9,11-13,15,17-19,21,23-25,27,29-31,33,35-37,39,41-86H2,1-5H3/b10-8-,16-14-,22-20-,28-26-,34-32-,40-38-. The summed E-state index contributed by atoms with van der Waals surface area (Å²) in [6.45, 7) is 4.20. The van der Waals surface area contributed by atoms with E-state index >= 15 is 0 Å². The van der Waals surface area contributed by atoms with Gasteiger partial charge in [0.2, 0.25) is 0 Å². The molecule has 10 heteroatoms. The summed E-state index contributed by atoms with van der Waals surface area (Å²) in [7, 11) is 1.19. The molecular formula is C89H166NO8P. The highest BCUT2D eigenvalue weighted by atomic mass is 31.2. The van der Waals surface area contributed by atoms with E-state index in [9.17, 15) is 19.0 Å². The van der Waals surface area contributed by atoms with Gasteiger partial charge in [-0.2, -0.15) is 0 Å². The van der Waals surface area contributed by atoms with E-state index in [-0.39, 0.29) is 32.0 Å². The van der Waals surface area contributed by atoms with Gasteiger partial charge in [0.1, 0.15) is 19.8 Å². The van der Waals surface area contributed by atoms with Crippen molar-refractivity contribution in [3.05, 3.63) is 72.9 Å². The molecule has 2 atom stereocenters. The maximum Gasteiger partial charge on any atom is 0.306 e. The van der Waals surface area contributed by atoms with Crippen molar-refractivity contribution in [3.8, 4) is 0 Å². The number of quaternary nitrogens is 1. The number of hydrogen-bond acceptors (Lipinski definition) is 8. The van der Waals surface area contributed by atoms with E-state index in [1.165, 1.54) is 327 Å². The Hall–Kier alpha value is -2.55. The maximum atomic E-state index is 12.9. The molecule has 0 aromatic carbocycles. The molecule has 0 rings (SSSR count). The highest BCUT2D eigenvalue weighted by Gasteiger charge is 2.22. The molecule has 0 radical (unpaired) electrons. The molecule has 9 nitrogen and oxygen atoms in total. The van der Waals surface area contributed by atoms with Gasteiger partial charge in [-0.25, -0.2) is 0 Å². The van der Waals surface area contributed by atoms with Crippen LogP contribution in [0.3, 0.4) is 0 Å². The van der Waals surface area contributed by atoms with E-state index in [2.05, 4.69) is 86.8 Å². The number of carbonyl (C=O) groups excluding carboxylic acids is 2. The number of hydrogen-bond donors (Lipinski definition) is 0. The number of unbranched alkanes of at least 4 members (excludes halogenated alkanes) is 55. The largest absolute Gasteiger partial charge is 0.756 e. The van der Waals surface area contributed by atoms with Crippen LogP contribution in [0.25, 0.3) is 0 Å². The third-order valence-electron chi connectivity index (χ3n) is 19.5. The van der Waals surface area contributed by atoms with Gasteiger partial charge in [0.05, 0.1) is 27.7 Å². The van der Waals surface area contributed by atoms with Gasteiger partial charge in [-0.15, -0.1) is 0 Å². The smallest absolute Gasteiger partial charge is 0.306 e. The van der Waals surface area contributed by atoms with Crippen LogP contribution in [0.15, 0.2) is 72.9 Å². The highest BCUT2D eigenvalue weighted by molar-refractivity contribution is 7.45. The highest BCUT2D eigenvalue weighted by Crippen LogP contribution is 2.38. The van der Waals surface area contributed by atoms with Gasteiger partial charge in [0.15, 0.2) is 6.10 Å². The lowest BCUT2D eigenvalue weighted by molar-refractivity contribution is -0.870. The van der Waals surface area contributed by atoms with Crippen LogP contribution in [0.2, 0.25) is 0 Å². The summed E-state index contributed by atoms with van der Waals surface area (Å²) in [5.41, 5.74) is 0. The van der Waals surface area contributed by atoms with Crippen LogP contribution in [-0.2, 0) is 32.7 Å². The summed E-state index contributed by atoms with van der Waals surface area (Å²) in [5, 5.41) is 0. The van der Waals surface area contributed by atoms with Gasteiger partial charge in [0.25, 0.3) is 7.82 Å². The number of phosphoric acid groups is 1. The quantitative estimate of drug-likeness (QED) is 0.0195. The van der Waals surface area contributed by atoms with Crippen LogP contribution in [0.1, 0.15) is 431 Å². The topological polar surface area (TPSA) is 111 Å². The first-order chi connectivity index (χ1) is 48.5. The van der Waals surface area contributed by atoms with E-state index < -0.39 is 26.5 Å². The second-order valence-electron chi connectivity index (χ2n) is 30.5. The summed E-state index contributed by atoms with van der Waals surface area (Å²) < 4.78 is 34.5. The number of allylic oxidation sites excluding steroid dienone is 12. The van der Waals surface area contributed by atoms with Gasteiger partial charge in [-0.1, -0.05) is 427 Å². The predicted molar refractivity (Wildman–Crippen MR) is 430 cm³/mol. The molecule has 0 saturated carbocycles. The van der Waals surface area contributed by atoms with E-state index in [4.69, 9.17) is 18.5 Å². The number of esters is 2. The van der Waals surface area contributed by atoms with E-state index in [1.54, 1.807) is 0 Å². The molecule has 0 aliphatic rings. The lowest BCUT2D eigenvalue weighted by Crippen LogP contribution is -2.37. The Balaban J connectivity index is 3.88. The fourth-order valence-corrected chi connectivity index (χ4v) is 13.7. The zero-order valence-electron chi connectivity index (χ0n) is 66.5. The molecule has 0 bridgehead atoms. The summed E-state index contributed by atoms with van der Waals surface area (Å²) in [6.07, 6.45) is 109. The molecule has 0 N–H and O–H groups in total. The molecule has 0 aromatic heterocycles. The van der Waals surface area contributed by atoms with Crippen molar-refractivity contribution in [2.45, 2.75) is 437 Å². The van der Waals surface area contributed by atoms with Crippen LogP contribution in [0.4, 0.5) is 0 Å². The van der Waals surface area contributed by atoms with Crippen molar-refractivity contribution in [2.24, 2.45) is 0 Å². The Morgan fingerprint density at radius 3 is 0.859 bits per heavy atom. The van der Waals surface area contributed by atoms with Crippen LogP contribution in [-0.4, -0.2) is 70.0 Å². The Kier molecular flexibility index (Phi) is 77.5. The number of carbonyl (C=O) groups is 2. The first kappa shape index (κ1) is 96.4. The predicted octanol–water partition coefficient (Wildman–Crippen LogP) is 28.4. The number of rotatable bonds is 81. The summed E-state index contributed by atoms with van der Waals surface area (Å²) in [4.78, 5) is 38.2. The van der Waals surface area contributed by atoms with Crippen molar-refractivity contribution in [2.75, 3.05) is 47.5 Å². The normalized spacial score (nSPS) is 13.3. The second kappa shape index (κ2) is 79.6. The van der Waals surface area contributed by atoms with Gasteiger partial charge in [0, 0.05) is 12.8 Å². The molecule has 0 aliphatic heterocycles. The minimum atomic E-state index is -4.65. The van der Waals surface area contributed by atoms with Crippen LogP contribution >= 0.6 is 7.82 Å².